The zero-order valence-corrected chi connectivity index (χ0v) is 13.7. The summed E-state index contributed by atoms with van der Waals surface area (Å²) in [6.45, 7) is 4.48. The molecule has 2 amide bonds. The van der Waals surface area contributed by atoms with Crippen molar-refractivity contribution in [1.29, 1.82) is 0 Å². The number of aryl methyl sites for hydroxylation is 1. The number of urea groups is 1. The third-order valence-electron chi connectivity index (χ3n) is 5.10. The van der Waals surface area contributed by atoms with Crippen LogP contribution < -0.4 is 10.6 Å². The predicted octanol–water partition coefficient (Wildman–Crippen LogP) is 3.09. The summed E-state index contributed by atoms with van der Waals surface area (Å²) in [6, 6.07) is 7.66. The maximum absolute atomic E-state index is 12.2. The van der Waals surface area contributed by atoms with Gasteiger partial charge in [0.25, 0.3) is 0 Å². The molecule has 1 saturated carbocycles. The van der Waals surface area contributed by atoms with Crippen molar-refractivity contribution in [3.8, 4) is 0 Å². The van der Waals surface area contributed by atoms with Crippen LogP contribution in [0.1, 0.15) is 37.5 Å². The summed E-state index contributed by atoms with van der Waals surface area (Å²) in [4.78, 5) is 12.2. The number of nitrogens with one attached hydrogen (secondary N) is 2. The lowest BCUT2D eigenvalue weighted by atomic mass is 9.86. The quantitative estimate of drug-likeness (QED) is 0.811. The van der Waals surface area contributed by atoms with Crippen LogP contribution in [-0.2, 0) is 6.54 Å². The molecule has 2 unspecified atom stereocenters. The van der Waals surface area contributed by atoms with Crippen LogP contribution >= 0.6 is 0 Å². The molecule has 124 valence electrons. The van der Waals surface area contributed by atoms with E-state index < -0.39 is 0 Å². The van der Waals surface area contributed by atoms with Gasteiger partial charge in [-0.1, -0.05) is 31.5 Å². The molecule has 1 aromatic heterocycles. The maximum atomic E-state index is 12.2. The molecule has 5 heteroatoms. The van der Waals surface area contributed by atoms with Crippen molar-refractivity contribution in [2.45, 2.75) is 45.7 Å². The summed E-state index contributed by atoms with van der Waals surface area (Å²) in [7, 11) is 0. The van der Waals surface area contributed by atoms with Crippen LogP contribution in [0, 0.1) is 12.3 Å². The van der Waals surface area contributed by atoms with Crippen LogP contribution in [0.25, 0.3) is 11.0 Å². The summed E-state index contributed by atoms with van der Waals surface area (Å²) < 4.78 is 5.80. The summed E-state index contributed by atoms with van der Waals surface area (Å²) in [5, 5.41) is 16.5. The number of carbonyl (C=O) groups is 1. The molecule has 0 bridgehead atoms. The molecule has 3 N–H and O–H groups in total. The van der Waals surface area contributed by atoms with Gasteiger partial charge in [0.05, 0.1) is 13.2 Å². The van der Waals surface area contributed by atoms with Gasteiger partial charge >= 0.3 is 6.03 Å². The van der Waals surface area contributed by atoms with Crippen molar-refractivity contribution in [2.24, 2.45) is 5.41 Å². The minimum atomic E-state index is -0.216. The third kappa shape index (κ3) is 3.06. The molecule has 3 rings (SSSR count). The molecule has 0 spiro atoms. The van der Waals surface area contributed by atoms with E-state index in [1.807, 2.05) is 38.1 Å². The molecule has 0 saturated heterocycles. The lowest BCUT2D eigenvalue weighted by Crippen LogP contribution is -2.48. The summed E-state index contributed by atoms with van der Waals surface area (Å²) in [5.74, 6) is 0.776. The number of furan rings is 1. The van der Waals surface area contributed by atoms with Crippen molar-refractivity contribution in [3.63, 3.8) is 0 Å². The first-order valence-electron chi connectivity index (χ1n) is 8.16. The SMILES string of the molecule is Cc1c(CNC(=O)NC2CCCC2(C)CO)oc2ccccc12. The van der Waals surface area contributed by atoms with Crippen molar-refractivity contribution < 1.29 is 14.3 Å². The average molecular weight is 316 g/mol. The number of hydrogen-bond acceptors (Lipinski definition) is 3. The zero-order valence-electron chi connectivity index (χ0n) is 13.7. The maximum Gasteiger partial charge on any atom is 0.315 e. The summed E-state index contributed by atoms with van der Waals surface area (Å²) in [5.41, 5.74) is 1.68. The third-order valence-corrected chi connectivity index (χ3v) is 5.10. The lowest BCUT2D eigenvalue weighted by molar-refractivity contribution is 0.121. The van der Waals surface area contributed by atoms with E-state index in [1.165, 1.54) is 0 Å². The fourth-order valence-corrected chi connectivity index (χ4v) is 3.43. The van der Waals surface area contributed by atoms with Crippen LogP contribution in [0.3, 0.4) is 0 Å². The molecular weight excluding hydrogens is 292 g/mol. The molecule has 2 atom stereocenters. The highest BCUT2D eigenvalue weighted by atomic mass is 16.3. The standard InChI is InChI=1S/C18H24N2O3/c1-12-13-6-3-4-7-14(13)23-15(12)10-19-17(22)20-16-8-5-9-18(16,2)11-21/h3-4,6-7,16,21H,5,8-11H2,1-2H3,(H2,19,20,22). The topological polar surface area (TPSA) is 74.5 Å². The fraction of sp³-hybridized carbons (Fsp3) is 0.500. The Kier molecular flexibility index (Phi) is 4.31. The number of para-hydroxylation sites is 1. The van der Waals surface area contributed by atoms with Gasteiger partial charge in [-0.2, -0.15) is 0 Å². The Morgan fingerprint density at radius 3 is 2.96 bits per heavy atom. The van der Waals surface area contributed by atoms with Gasteiger partial charge in [-0.3, -0.25) is 0 Å². The van der Waals surface area contributed by atoms with Gasteiger partial charge in [-0.15, -0.1) is 0 Å². The number of rotatable bonds is 4. The van der Waals surface area contributed by atoms with Gasteiger partial charge in [0, 0.05) is 22.4 Å². The number of benzene rings is 1. The van der Waals surface area contributed by atoms with Gasteiger partial charge in [-0.25, -0.2) is 4.79 Å². The monoisotopic (exact) mass is 316 g/mol. The molecule has 1 heterocycles. The Bertz CT molecular complexity index is 709. The van der Waals surface area contributed by atoms with Gasteiger partial charge in [0.15, 0.2) is 0 Å². The minimum absolute atomic E-state index is 0.0178. The summed E-state index contributed by atoms with van der Waals surface area (Å²) in [6.07, 6.45) is 2.88. The number of aliphatic hydroxyl groups excluding tert-OH is 1. The first-order chi connectivity index (χ1) is 11.0. The Morgan fingerprint density at radius 2 is 2.22 bits per heavy atom. The second-order valence-corrected chi connectivity index (χ2v) is 6.73. The smallest absolute Gasteiger partial charge is 0.315 e. The molecule has 0 radical (unpaired) electrons. The van der Waals surface area contributed by atoms with Gasteiger partial charge in [-0.05, 0) is 25.8 Å². The Hall–Kier alpha value is -2.01. The molecule has 1 aliphatic carbocycles. The largest absolute Gasteiger partial charge is 0.459 e. The Morgan fingerprint density at radius 1 is 1.43 bits per heavy atom. The first-order valence-corrected chi connectivity index (χ1v) is 8.16. The molecule has 5 nitrogen and oxygen atoms in total. The predicted molar refractivity (Wildman–Crippen MR) is 89.2 cm³/mol. The normalized spacial score (nSPS) is 24.0. The van der Waals surface area contributed by atoms with Crippen molar-refractivity contribution >= 4 is 17.0 Å². The van der Waals surface area contributed by atoms with E-state index in [1.54, 1.807) is 0 Å². The first kappa shape index (κ1) is 15.9. The molecular formula is C18H24N2O3. The average Bonchev–Trinajstić information content (AvgIpc) is 3.07. The van der Waals surface area contributed by atoms with Crippen LogP contribution in [0.4, 0.5) is 4.79 Å². The lowest BCUT2D eigenvalue weighted by Gasteiger charge is -2.30. The van der Waals surface area contributed by atoms with Crippen LogP contribution in [0.5, 0.6) is 0 Å². The zero-order chi connectivity index (χ0) is 16.4. The highest BCUT2D eigenvalue weighted by molar-refractivity contribution is 5.82. The number of amides is 2. The Balaban J connectivity index is 1.61. The van der Waals surface area contributed by atoms with Crippen molar-refractivity contribution in [3.05, 3.63) is 35.6 Å². The van der Waals surface area contributed by atoms with E-state index in [2.05, 4.69) is 10.6 Å². The van der Waals surface area contributed by atoms with E-state index in [-0.39, 0.29) is 24.1 Å². The van der Waals surface area contributed by atoms with Gasteiger partial charge in [0.1, 0.15) is 11.3 Å². The molecule has 1 aromatic carbocycles. The second kappa shape index (κ2) is 6.24. The molecule has 0 aliphatic heterocycles. The second-order valence-electron chi connectivity index (χ2n) is 6.73. The molecule has 2 aromatic rings. The van der Waals surface area contributed by atoms with Gasteiger partial charge < -0.3 is 20.2 Å². The molecule has 1 fully saturated rings. The fourth-order valence-electron chi connectivity index (χ4n) is 3.43. The number of aliphatic hydroxyl groups is 1. The molecule has 23 heavy (non-hydrogen) atoms. The Labute approximate surface area is 136 Å². The van der Waals surface area contributed by atoms with Gasteiger partial charge in [0.2, 0.25) is 0 Å². The van der Waals surface area contributed by atoms with Crippen molar-refractivity contribution in [2.75, 3.05) is 6.61 Å². The van der Waals surface area contributed by atoms with E-state index in [0.717, 1.165) is 41.6 Å². The number of hydrogen-bond donors (Lipinski definition) is 3. The van der Waals surface area contributed by atoms with E-state index in [0.29, 0.717) is 6.54 Å². The van der Waals surface area contributed by atoms with E-state index in [4.69, 9.17) is 4.42 Å². The number of fused-ring (bicyclic) bond motifs is 1. The van der Waals surface area contributed by atoms with Crippen LogP contribution in [0.2, 0.25) is 0 Å². The van der Waals surface area contributed by atoms with Crippen LogP contribution in [-0.4, -0.2) is 23.8 Å². The minimum Gasteiger partial charge on any atom is -0.459 e. The summed E-state index contributed by atoms with van der Waals surface area (Å²) >= 11 is 0. The highest BCUT2D eigenvalue weighted by Crippen LogP contribution is 2.37. The molecule has 1 aliphatic rings. The van der Waals surface area contributed by atoms with Crippen molar-refractivity contribution in [1.82, 2.24) is 10.6 Å². The van der Waals surface area contributed by atoms with Crippen LogP contribution in [0.15, 0.2) is 28.7 Å². The highest BCUT2D eigenvalue weighted by Gasteiger charge is 2.39. The number of carbonyl (C=O) groups excluding carboxylic acids is 1. The van der Waals surface area contributed by atoms with E-state index in [9.17, 15) is 9.90 Å². The van der Waals surface area contributed by atoms with E-state index >= 15 is 0 Å².